The minimum Gasteiger partial charge on any atom is -0.390 e. The number of carbonyl (C=O) groups is 2. The van der Waals surface area contributed by atoms with Gasteiger partial charge in [-0.3, -0.25) is 9.59 Å². The van der Waals surface area contributed by atoms with Crippen LogP contribution in [0.2, 0.25) is 0 Å². The first-order valence-electron chi connectivity index (χ1n) is 13.9. The molecule has 41 heavy (non-hydrogen) atoms. The number of carbonyl (C=O) groups excluding carboxylic acids is 2. The van der Waals surface area contributed by atoms with Crippen molar-refractivity contribution in [1.82, 2.24) is 15.5 Å². The molecule has 10 heteroatoms. The number of anilines is 1. The minimum atomic E-state index is -3.02. The summed E-state index contributed by atoms with van der Waals surface area (Å²) in [5, 5.41) is 24.2. The second kappa shape index (κ2) is 11.6. The zero-order chi connectivity index (χ0) is 29.2. The Morgan fingerprint density at radius 3 is 2.27 bits per heavy atom. The lowest BCUT2D eigenvalue weighted by atomic mass is 9.63. The van der Waals surface area contributed by atoms with Crippen molar-refractivity contribution < 1.29 is 23.5 Å². The topological polar surface area (TPSA) is 130 Å². The van der Waals surface area contributed by atoms with Crippen LogP contribution in [0.15, 0.2) is 60.7 Å². The second-order valence-electron chi connectivity index (χ2n) is 11.7. The average molecular weight is 564 g/mol. The van der Waals surface area contributed by atoms with Crippen molar-refractivity contribution in [3.05, 3.63) is 66.2 Å². The van der Waals surface area contributed by atoms with Gasteiger partial charge in [0.05, 0.1) is 5.60 Å². The number of amides is 2. The highest BCUT2D eigenvalue weighted by Crippen LogP contribution is 2.46. The summed E-state index contributed by atoms with van der Waals surface area (Å²) in [6.07, 6.45) is 0.709. The molecule has 3 aromatic rings. The van der Waals surface area contributed by atoms with E-state index in [1.807, 2.05) is 60.7 Å². The first kappa shape index (κ1) is 28.8. The number of nitrogens with zero attached hydrogens (tertiary/aromatic N) is 2. The van der Waals surface area contributed by atoms with E-state index in [2.05, 4.69) is 20.8 Å². The van der Waals surface area contributed by atoms with Gasteiger partial charge < -0.3 is 21.5 Å². The molecule has 0 radical (unpaired) electrons. The second-order valence-corrected chi connectivity index (χ2v) is 11.7. The van der Waals surface area contributed by atoms with E-state index >= 15 is 0 Å². The summed E-state index contributed by atoms with van der Waals surface area (Å²) < 4.78 is 25.0. The number of hydrogen-bond donors (Lipinski definition) is 4. The molecule has 1 aromatic heterocycles. The normalized spacial score (nSPS) is 25.8. The van der Waals surface area contributed by atoms with Crippen molar-refractivity contribution >= 4 is 17.6 Å². The number of nitrogens with two attached hydrogens (primary N) is 1. The predicted molar refractivity (Wildman–Crippen MR) is 152 cm³/mol. The van der Waals surface area contributed by atoms with E-state index < -0.39 is 23.5 Å². The highest BCUT2D eigenvalue weighted by atomic mass is 19.3. The van der Waals surface area contributed by atoms with Crippen LogP contribution >= 0.6 is 0 Å². The van der Waals surface area contributed by atoms with Crippen molar-refractivity contribution in [3.63, 3.8) is 0 Å². The van der Waals surface area contributed by atoms with Crippen LogP contribution in [-0.2, 0) is 15.1 Å². The van der Waals surface area contributed by atoms with Crippen molar-refractivity contribution in [1.29, 1.82) is 0 Å². The lowest BCUT2D eigenvalue weighted by Crippen LogP contribution is -2.58. The Labute approximate surface area is 237 Å². The standard InChI is InChI=1S/C31H35F2N5O3/c1-30(41)17-31(34,18-30)22-11-9-21(10-12-22)27-24(20-5-3-2-4-6-20)16-25(37-38-27)36-26(39)15-19-7-13-23(14-8-19)35-29(40)28(32)33/h2-6,9-12,16,19,23,28,41H,7-8,13-15,17-18,34H2,1H3,(H,35,40)(H,36,37,39)/t19-,23-,30?,31?. The zero-order valence-corrected chi connectivity index (χ0v) is 22.9. The Morgan fingerprint density at radius 1 is 1.00 bits per heavy atom. The average Bonchev–Trinajstić information content (AvgIpc) is 2.93. The molecule has 0 atom stereocenters. The number of nitrogens with one attached hydrogen (secondary N) is 2. The van der Waals surface area contributed by atoms with E-state index in [9.17, 15) is 23.5 Å². The van der Waals surface area contributed by atoms with Gasteiger partial charge in [0.1, 0.15) is 5.69 Å². The number of aliphatic hydroxyl groups is 1. The summed E-state index contributed by atoms with van der Waals surface area (Å²) >= 11 is 0. The molecule has 5 rings (SSSR count). The molecule has 2 aliphatic carbocycles. The van der Waals surface area contributed by atoms with E-state index in [0.717, 1.165) is 22.3 Å². The fraction of sp³-hybridized carbons (Fsp3) is 0.419. The quantitative estimate of drug-likeness (QED) is 0.312. The Kier molecular flexibility index (Phi) is 8.15. The summed E-state index contributed by atoms with van der Waals surface area (Å²) in [6.45, 7) is 1.79. The van der Waals surface area contributed by atoms with Crippen molar-refractivity contribution in [2.24, 2.45) is 11.7 Å². The van der Waals surface area contributed by atoms with E-state index in [1.54, 1.807) is 6.92 Å². The smallest absolute Gasteiger partial charge is 0.315 e. The Morgan fingerprint density at radius 2 is 1.66 bits per heavy atom. The van der Waals surface area contributed by atoms with Crippen LogP contribution in [-0.4, -0.2) is 45.2 Å². The van der Waals surface area contributed by atoms with Gasteiger partial charge in [-0.15, -0.1) is 10.2 Å². The summed E-state index contributed by atoms with van der Waals surface area (Å²) in [6, 6.07) is 19.1. The van der Waals surface area contributed by atoms with E-state index in [0.29, 0.717) is 50.0 Å². The van der Waals surface area contributed by atoms with Crippen LogP contribution in [0.1, 0.15) is 57.4 Å². The van der Waals surface area contributed by atoms with Crippen LogP contribution in [0.3, 0.4) is 0 Å². The summed E-state index contributed by atoms with van der Waals surface area (Å²) in [4.78, 5) is 24.1. The van der Waals surface area contributed by atoms with Gasteiger partial charge >= 0.3 is 6.43 Å². The number of benzene rings is 2. The predicted octanol–water partition coefficient (Wildman–Crippen LogP) is 4.78. The van der Waals surface area contributed by atoms with E-state index in [1.165, 1.54) is 0 Å². The van der Waals surface area contributed by atoms with E-state index in [4.69, 9.17) is 5.73 Å². The Balaban J connectivity index is 1.27. The summed E-state index contributed by atoms with van der Waals surface area (Å²) in [7, 11) is 0. The number of hydrogen-bond acceptors (Lipinski definition) is 6. The third-order valence-corrected chi connectivity index (χ3v) is 8.14. The van der Waals surface area contributed by atoms with Crippen molar-refractivity contribution in [2.75, 3.05) is 5.32 Å². The molecular weight excluding hydrogens is 528 g/mol. The van der Waals surface area contributed by atoms with Gasteiger partial charge in [0.15, 0.2) is 5.82 Å². The van der Waals surface area contributed by atoms with E-state index in [-0.39, 0.29) is 24.3 Å². The summed E-state index contributed by atoms with van der Waals surface area (Å²) in [5.41, 5.74) is 9.42. The molecule has 2 saturated carbocycles. The highest BCUT2D eigenvalue weighted by molar-refractivity contribution is 5.91. The van der Waals surface area contributed by atoms with Crippen LogP contribution in [0, 0.1) is 5.92 Å². The fourth-order valence-electron chi connectivity index (χ4n) is 6.21. The molecule has 2 amide bonds. The molecule has 5 N–H and O–H groups in total. The molecule has 0 saturated heterocycles. The SMILES string of the molecule is CC1(O)CC(N)(c2ccc(-c3nnc(NC(=O)C[C@H]4CC[C@H](NC(=O)C(F)F)CC4)cc3-c3ccccc3)cc2)C1. The Hall–Kier alpha value is -3.76. The maximum atomic E-state index is 12.9. The molecule has 216 valence electrons. The van der Waals surface area contributed by atoms with Gasteiger partial charge in [0.2, 0.25) is 5.91 Å². The van der Waals surface area contributed by atoms with Gasteiger partial charge in [-0.2, -0.15) is 8.78 Å². The zero-order valence-electron chi connectivity index (χ0n) is 22.9. The molecule has 2 aromatic carbocycles. The van der Waals surface area contributed by atoms with Crippen molar-refractivity contribution in [2.45, 2.75) is 75.5 Å². The van der Waals surface area contributed by atoms with Gasteiger partial charge in [0, 0.05) is 29.1 Å². The first-order valence-corrected chi connectivity index (χ1v) is 13.9. The molecule has 8 nitrogen and oxygen atoms in total. The molecule has 1 heterocycles. The van der Waals surface area contributed by atoms with Crippen molar-refractivity contribution in [3.8, 4) is 22.4 Å². The van der Waals surface area contributed by atoms with Crippen LogP contribution in [0.5, 0.6) is 0 Å². The molecular formula is C31H35F2N5O3. The molecule has 0 spiro atoms. The maximum Gasteiger partial charge on any atom is 0.315 e. The largest absolute Gasteiger partial charge is 0.390 e. The number of rotatable bonds is 8. The lowest BCUT2D eigenvalue weighted by molar-refractivity contribution is -0.132. The number of halogens is 2. The van der Waals surface area contributed by atoms with Gasteiger partial charge in [-0.1, -0.05) is 54.6 Å². The molecule has 2 aliphatic rings. The lowest BCUT2D eigenvalue weighted by Gasteiger charge is -2.49. The molecule has 0 unspecified atom stereocenters. The maximum absolute atomic E-state index is 12.9. The van der Waals surface area contributed by atoms with Gasteiger partial charge in [-0.05, 0) is 68.6 Å². The first-order chi connectivity index (χ1) is 19.5. The van der Waals surface area contributed by atoms with Crippen LogP contribution in [0.25, 0.3) is 22.4 Å². The van der Waals surface area contributed by atoms with Gasteiger partial charge in [-0.25, -0.2) is 0 Å². The van der Waals surface area contributed by atoms with Crippen LogP contribution in [0.4, 0.5) is 14.6 Å². The van der Waals surface area contributed by atoms with Gasteiger partial charge in [0.25, 0.3) is 5.91 Å². The number of alkyl halides is 2. The highest BCUT2D eigenvalue weighted by Gasteiger charge is 2.49. The monoisotopic (exact) mass is 563 g/mol. The third-order valence-electron chi connectivity index (χ3n) is 8.14. The van der Waals surface area contributed by atoms with Crippen LogP contribution < -0.4 is 16.4 Å². The Bertz CT molecular complexity index is 1380. The molecule has 2 fully saturated rings. The molecule has 0 bridgehead atoms. The third kappa shape index (κ3) is 6.77. The number of aromatic nitrogens is 2. The molecule has 0 aliphatic heterocycles. The summed E-state index contributed by atoms with van der Waals surface area (Å²) in [5.74, 6) is -1.00. The fourth-order valence-corrected chi connectivity index (χ4v) is 6.21. The minimum absolute atomic E-state index is 0.0965.